The molecule has 0 aliphatic heterocycles. The Hall–Kier alpha value is -0.240. The van der Waals surface area contributed by atoms with Crippen LogP contribution in [0.1, 0.15) is 46.0 Å². The van der Waals surface area contributed by atoms with E-state index in [-0.39, 0.29) is 18.4 Å². The van der Waals surface area contributed by atoms with E-state index in [0.717, 1.165) is 25.7 Å². The SMILES string of the molecule is CCC(C)(COOCC1CCCCC1C(O)OC)C(O)OC. The molecule has 5 atom stereocenters. The second-order valence-corrected chi connectivity index (χ2v) is 6.48. The first-order valence-corrected chi connectivity index (χ1v) is 8.14. The summed E-state index contributed by atoms with van der Waals surface area (Å²) < 4.78 is 10.0. The molecule has 1 aliphatic carbocycles. The molecule has 0 radical (unpaired) electrons. The van der Waals surface area contributed by atoms with E-state index < -0.39 is 18.0 Å². The Morgan fingerprint density at radius 1 is 1.09 bits per heavy atom. The highest BCUT2D eigenvalue weighted by molar-refractivity contribution is 4.77. The number of ether oxygens (including phenoxy) is 2. The molecule has 0 heterocycles. The number of aliphatic hydroxyl groups excluding tert-OH is 2. The lowest BCUT2D eigenvalue weighted by Crippen LogP contribution is -2.38. The number of hydrogen-bond acceptors (Lipinski definition) is 6. The van der Waals surface area contributed by atoms with Crippen molar-refractivity contribution in [1.82, 2.24) is 0 Å². The predicted molar refractivity (Wildman–Crippen MR) is 81.8 cm³/mol. The van der Waals surface area contributed by atoms with Gasteiger partial charge in [-0.05, 0) is 25.2 Å². The second kappa shape index (κ2) is 9.80. The number of aliphatic hydroxyl groups is 2. The van der Waals surface area contributed by atoms with E-state index in [9.17, 15) is 10.2 Å². The van der Waals surface area contributed by atoms with Crippen LogP contribution in [0.25, 0.3) is 0 Å². The maximum atomic E-state index is 9.91. The van der Waals surface area contributed by atoms with Gasteiger partial charge in [0.05, 0.1) is 13.2 Å². The van der Waals surface area contributed by atoms with Gasteiger partial charge in [0, 0.05) is 25.6 Å². The summed E-state index contributed by atoms with van der Waals surface area (Å²) >= 11 is 0. The lowest BCUT2D eigenvalue weighted by molar-refractivity contribution is -0.334. The molecule has 5 unspecified atom stereocenters. The molecule has 1 fully saturated rings. The molecule has 1 saturated carbocycles. The van der Waals surface area contributed by atoms with Gasteiger partial charge in [0.25, 0.3) is 0 Å². The normalized spacial score (nSPS) is 28.1. The fourth-order valence-corrected chi connectivity index (χ4v) is 2.94. The molecule has 0 aromatic carbocycles. The van der Waals surface area contributed by atoms with E-state index in [4.69, 9.17) is 19.2 Å². The Kier molecular flexibility index (Phi) is 8.82. The van der Waals surface area contributed by atoms with Crippen LogP contribution in [0.5, 0.6) is 0 Å². The maximum Gasteiger partial charge on any atom is 0.161 e. The molecule has 0 aromatic rings. The first kappa shape index (κ1) is 19.8. The summed E-state index contributed by atoms with van der Waals surface area (Å²) in [5.74, 6) is 0.313. The molecule has 0 saturated heterocycles. The van der Waals surface area contributed by atoms with Gasteiger partial charge in [-0.1, -0.05) is 26.7 Å². The third kappa shape index (κ3) is 5.44. The van der Waals surface area contributed by atoms with Gasteiger partial charge < -0.3 is 19.7 Å². The van der Waals surface area contributed by atoms with Gasteiger partial charge in [-0.15, -0.1) is 0 Å². The number of methoxy groups -OCH3 is 2. The van der Waals surface area contributed by atoms with Crippen molar-refractivity contribution in [3.63, 3.8) is 0 Å². The van der Waals surface area contributed by atoms with Crippen LogP contribution >= 0.6 is 0 Å². The van der Waals surface area contributed by atoms with E-state index in [2.05, 4.69) is 0 Å². The van der Waals surface area contributed by atoms with Gasteiger partial charge in [0.15, 0.2) is 12.6 Å². The Morgan fingerprint density at radius 3 is 2.36 bits per heavy atom. The number of hydrogen-bond donors (Lipinski definition) is 2. The third-order valence-corrected chi connectivity index (χ3v) is 4.96. The van der Waals surface area contributed by atoms with E-state index in [1.165, 1.54) is 14.2 Å². The molecule has 1 rings (SSSR count). The monoisotopic (exact) mass is 320 g/mol. The molecule has 1 aliphatic rings. The van der Waals surface area contributed by atoms with E-state index >= 15 is 0 Å². The highest BCUT2D eigenvalue weighted by Gasteiger charge is 2.34. The fourth-order valence-electron chi connectivity index (χ4n) is 2.94. The van der Waals surface area contributed by atoms with Crippen LogP contribution in [0.15, 0.2) is 0 Å². The van der Waals surface area contributed by atoms with Crippen molar-refractivity contribution in [3.8, 4) is 0 Å². The minimum Gasteiger partial charge on any atom is -0.368 e. The zero-order valence-electron chi connectivity index (χ0n) is 14.3. The zero-order valence-corrected chi connectivity index (χ0v) is 14.3. The maximum absolute atomic E-state index is 9.91. The minimum absolute atomic E-state index is 0.0875. The van der Waals surface area contributed by atoms with Gasteiger partial charge >= 0.3 is 0 Å². The van der Waals surface area contributed by atoms with Crippen molar-refractivity contribution in [3.05, 3.63) is 0 Å². The van der Waals surface area contributed by atoms with E-state index in [1.54, 1.807) is 0 Å². The van der Waals surface area contributed by atoms with Gasteiger partial charge in [-0.25, -0.2) is 9.78 Å². The smallest absolute Gasteiger partial charge is 0.161 e. The summed E-state index contributed by atoms with van der Waals surface area (Å²) in [5.41, 5.74) is -0.507. The summed E-state index contributed by atoms with van der Waals surface area (Å²) in [6.45, 7) is 4.54. The Morgan fingerprint density at radius 2 is 1.77 bits per heavy atom. The first-order valence-electron chi connectivity index (χ1n) is 8.14. The summed E-state index contributed by atoms with van der Waals surface area (Å²) in [6, 6.07) is 0. The molecule has 22 heavy (non-hydrogen) atoms. The van der Waals surface area contributed by atoms with E-state index in [1.807, 2.05) is 13.8 Å². The van der Waals surface area contributed by atoms with Crippen molar-refractivity contribution in [2.24, 2.45) is 17.3 Å². The molecule has 6 heteroatoms. The van der Waals surface area contributed by atoms with Gasteiger partial charge in [-0.2, -0.15) is 0 Å². The average Bonchev–Trinajstić information content (AvgIpc) is 2.57. The zero-order chi connectivity index (χ0) is 16.6. The molecule has 0 amide bonds. The summed E-state index contributed by atoms with van der Waals surface area (Å²) in [7, 11) is 2.99. The quantitative estimate of drug-likeness (QED) is 0.278. The van der Waals surface area contributed by atoms with Gasteiger partial charge in [-0.3, -0.25) is 0 Å². The Labute approximate surface area is 133 Å². The second-order valence-electron chi connectivity index (χ2n) is 6.48. The molecule has 132 valence electrons. The van der Waals surface area contributed by atoms with Crippen LogP contribution in [0.4, 0.5) is 0 Å². The van der Waals surface area contributed by atoms with Crippen LogP contribution in [0.2, 0.25) is 0 Å². The molecule has 0 aromatic heterocycles. The highest BCUT2D eigenvalue weighted by atomic mass is 17.2. The Balaban J connectivity index is 2.38. The lowest BCUT2D eigenvalue weighted by atomic mass is 9.79. The fraction of sp³-hybridized carbons (Fsp3) is 1.00. The van der Waals surface area contributed by atoms with Crippen LogP contribution in [0, 0.1) is 17.3 Å². The molecule has 0 bridgehead atoms. The standard InChI is InChI=1S/C16H32O6/c1-5-16(2,15(18)20-4)11-22-21-10-12-8-6-7-9-13(12)14(17)19-3/h12-15,17-18H,5-11H2,1-4H3. The Bertz CT molecular complexity index is 300. The summed E-state index contributed by atoms with van der Waals surface area (Å²) in [4.78, 5) is 10.7. The van der Waals surface area contributed by atoms with Crippen LogP contribution in [-0.4, -0.2) is 50.2 Å². The largest absolute Gasteiger partial charge is 0.368 e. The first-order chi connectivity index (χ1) is 10.5. The number of rotatable bonds is 10. The van der Waals surface area contributed by atoms with Crippen molar-refractivity contribution >= 4 is 0 Å². The minimum atomic E-state index is -0.890. The molecular weight excluding hydrogens is 288 g/mol. The van der Waals surface area contributed by atoms with E-state index in [0.29, 0.717) is 13.0 Å². The van der Waals surface area contributed by atoms with Crippen molar-refractivity contribution in [2.45, 2.75) is 58.5 Å². The van der Waals surface area contributed by atoms with Crippen molar-refractivity contribution < 1.29 is 29.5 Å². The molecular formula is C16H32O6. The topological polar surface area (TPSA) is 77.4 Å². The summed E-state index contributed by atoms with van der Waals surface area (Å²) in [5, 5.41) is 19.8. The van der Waals surface area contributed by atoms with Crippen LogP contribution < -0.4 is 0 Å². The van der Waals surface area contributed by atoms with Gasteiger partial charge in [0.1, 0.15) is 0 Å². The lowest BCUT2D eigenvalue weighted by Gasteiger charge is -2.34. The average molecular weight is 320 g/mol. The van der Waals surface area contributed by atoms with Gasteiger partial charge in [0.2, 0.25) is 0 Å². The van der Waals surface area contributed by atoms with Crippen LogP contribution in [-0.2, 0) is 19.2 Å². The van der Waals surface area contributed by atoms with Crippen LogP contribution in [0.3, 0.4) is 0 Å². The highest BCUT2D eigenvalue weighted by Crippen LogP contribution is 2.33. The molecule has 0 spiro atoms. The third-order valence-electron chi connectivity index (χ3n) is 4.96. The van der Waals surface area contributed by atoms with Crippen molar-refractivity contribution in [2.75, 3.05) is 27.4 Å². The molecule has 6 nitrogen and oxygen atoms in total. The molecule has 2 N–H and O–H groups in total. The van der Waals surface area contributed by atoms with Crippen molar-refractivity contribution in [1.29, 1.82) is 0 Å². The predicted octanol–water partition coefficient (Wildman–Crippen LogP) is 2.09. The summed E-state index contributed by atoms with van der Waals surface area (Å²) in [6.07, 6.45) is 3.26.